The van der Waals surface area contributed by atoms with Crippen molar-refractivity contribution in [1.82, 2.24) is 0 Å². The van der Waals surface area contributed by atoms with Crippen molar-refractivity contribution >= 4 is 10.4 Å². The Morgan fingerprint density at radius 2 is 2.07 bits per heavy atom. The molecule has 8 nitrogen and oxygen atoms in total. The summed E-state index contributed by atoms with van der Waals surface area (Å²) in [5.41, 5.74) is 5.33. The Morgan fingerprint density at radius 1 is 1.47 bits per heavy atom. The fraction of sp³-hybridized carbons (Fsp3) is 1.00. The predicted molar refractivity (Wildman–Crippen MR) is 47.0 cm³/mol. The first-order valence-electron chi connectivity index (χ1n) is 4.18. The van der Waals surface area contributed by atoms with E-state index in [2.05, 4.69) is 4.18 Å². The summed E-state index contributed by atoms with van der Waals surface area (Å²) in [7, 11) is -4.55. The Kier molecular flexibility index (Phi) is 4.00. The number of ether oxygens (including phenoxy) is 1. The van der Waals surface area contributed by atoms with E-state index in [1.54, 1.807) is 0 Å². The summed E-state index contributed by atoms with van der Waals surface area (Å²) < 4.78 is 37.6. The third-order valence-corrected chi connectivity index (χ3v) is 2.45. The van der Waals surface area contributed by atoms with Crippen LogP contribution < -0.4 is 5.73 Å². The zero-order valence-electron chi connectivity index (χ0n) is 7.68. The van der Waals surface area contributed by atoms with Crippen LogP contribution in [0.25, 0.3) is 0 Å². The summed E-state index contributed by atoms with van der Waals surface area (Å²) in [6.07, 6.45) is -3.21. The van der Waals surface area contributed by atoms with Crippen LogP contribution in [-0.4, -0.2) is 54.3 Å². The van der Waals surface area contributed by atoms with Gasteiger partial charge in [-0.25, -0.2) is 4.18 Å². The molecule has 1 rings (SSSR count). The van der Waals surface area contributed by atoms with E-state index in [9.17, 15) is 18.6 Å². The summed E-state index contributed by atoms with van der Waals surface area (Å²) in [6, 6.07) is -0.938. The summed E-state index contributed by atoms with van der Waals surface area (Å²) in [4.78, 5) is 0. The molecule has 1 saturated heterocycles. The first-order chi connectivity index (χ1) is 6.79. The maximum atomic E-state index is 10.2. The van der Waals surface area contributed by atoms with Crippen molar-refractivity contribution in [2.75, 3.05) is 6.61 Å². The van der Waals surface area contributed by atoms with Gasteiger partial charge in [-0.3, -0.25) is 4.55 Å². The van der Waals surface area contributed by atoms with E-state index in [1.807, 2.05) is 0 Å². The van der Waals surface area contributed by atoms with Crippen molar-refractivity contribution in [2.24, 2.45) is 5.73 Å². The van der Waals surface area contributed by atoms with Crippen molar-refractivity contribution in [3.8, 4) is 0 Å². The van der Waals surface area contributed by atoms with Gasteiger partial charge < -0.3 is 20.7 Å². The number of nitrogens with two attached hydrogens (primary N) is 1. The fourth-order valence-electron chi connectivity index (χ4n) is 1.23. The van der Waals surface area contributed by atoms with Crippen molar-refractivity contribution in [3.63, 3.8) is 0 Å². The Morgan fingerprint density at radius 3 is 2.53 bits per heavy atom. The first kappa shape index (κ1) is 12.8. The molecule has 5 N–H and O–H groups in total. The Hall–Kier alpha value is -0.290. The summed E-state index contributed by atoms with van der Waals surface area (Å²) in [6.45, 7) is -0.486. The number of rotatable bonds is 3. The third kappa shape index (κ3) is 3.99. The molecule has 0 saturated carbocycles. The van der Waals surface area contributed by atoms with Gasteiger partial charge in [0.15, 0.2) is 6.29 Å². The molecule has 15 heavy (non-hydrogen) atoms. The van der Waals surface area contributed by atoms with Crippen molar-refractivity contribution in [1.29, 1.82) is 0 Å². The van der Waals surface area contributed by atoms with Crippen molar-refractivity contribution in [2.45, 2.75) is 31.0 Å². The number of hydrogen-bond acceptors (Lipinski definition) is 7. The van der Waals surface area contributed by atoms with E-state index in [-0.39, 0.29) is 6.42 Å². The minimum absolute atomic E-state index is 0.0216. The molecule has 9 heteroatoms. The van der Waals surface area contributed by atoms with Crippen LogP contribution in [0, 0.1) is 0 Å². The maximum Gasteiger partial charge on any atom is 0.397 e. The molecule has 90 valence electrons. The van der Waals surface area contributed by atoms with Crippen LogP contribution in [0.3, 0.4) is 0 Å². The van der Waals surface area contributed by atoms with Crippen LogP contribution in [0.5, 0.6) is 0 Å². The molecule has 0 amide bonds. The largest absolute Gasteiger partial charge is 0.397 e. The van der Waals surface area contributed by atoms with Gasteiger partial charge in [-0.1, -0.05) is 0 Å². The summed E-state index contributed by atoms with van der Waals surface area (Å²) in [5, 5.41) is 18.5. The van der Waals surface area contributed by atoms with Gasteiger partial charge in [-0.05, 0) is 0 Å². The Labute approximate surface area is 86.6 Å². The predicted octanol–water partition coefficient (Wildman–Crippen LogP) is -2.40. The standard InChI is InChI=1S/C6H13NO7S/c7-5-4(8)1-3(14-6(5)9)2-13-15(10,11)12/h3-6,8-9H,1-2,7H2,(H,10,11,12)/t3?,4?,5?,6-/m0/s1. The van der Waals surface area contributed by atoms with Crippen molar-refractivity contribution in [3.05, 3.63) is 0 Å². The highest BCUT2D eigenvalue weighted by Crippen LogP contribution is 2.18. The van der Waals surface area contributed by atoms with Gasteiger partial charge in [0.05, 0.1) is 24.9 Å². The zero-order valence-corrected chi connectivity index (χ0v) is 8.50. The zero-order chi connectivity index (χ0) is 11.6. The molecular weight excluding hydrogens is 230 g/mol. The lowest BCUT2D eigenvalue weighted by molar-refractivity contribution is -0.206. The maximum absolute atomic E-state index is 10.2. The second-order valence-corrected chi connectivity index (χ2v) is 4.33. The molecule has 0 aromatic carbocycles. The SMILES string of the molecule is NC1C(O)CC(COS(=O)(=O)O)O[C@@H]1O. The molecule has 1 fully saturated rings. The molecule has 0 bridgehead atoms. The molecule has 0 aromatic rings. The molecule has 3 unspecified atom stereocenters. The van der Waals surface area contributed by atoms with Crippen LogP contribution in [-0.2, 0) is 19.3 Å². The summed E-state index contributed by atoms with van der Waals surface area (Å²) >= 11 is 0. The highest BCUT2D eigenvalue weighted by atomic mass is 32.3. The smallest absolute Gasteiger partial charge is 0.391 e. The van der Waals surface area contributed by atoms with Crippen LogP contribution in [0.1, 0.15) is 6.42 Å². The Bertz CT molecular complexity index is 293. The fourth-order valence-corrected chi connectivity index (χ4v) is 1.55. The molecule has 0 spiro atoms. The second kappa shape index (κ2) is 4.70. The Balaban J connectivity index is 2.45. The van der Waals surface area contributed by atoms with Gasteiger partial charge >= 0.3 is 10.4 Å². The van der Waals surface area contributed by atoms with Gasteiger partial charge in [0.25, 0.3) is 0 Å². The van der Waals surface area contributed by atoms with E-state index in [4.69, 9.17) is 15.0 Å². The van der Waals surface area contributed by atoms with Gasteiger partial charge in [-0.2, -0.15) is 8.42 Å². The normalized spacial score (nSPS) is 37.9. The molecule has 1 aliphatic rings. The molecule has 1 aliphatic heterocycles. The molecule has 0 aliphatic carbocycles. The third-order valence-electron chi connectivity index (χ3n) is 2.01. The number of aliphatic hydroxyl groups excluding tert-OH is 2. The van der Waals surface area contributed by atoms with Crippen LogP contribution in [0.2, 0.25) is 0 Å². The first-order valence-corrected chi connectivity index (χ1v) is 5.55. The highest BCUT2D eigenvalue weighted by Gasteiger charge is 2.34. The van der Waals surface area contributed by atoms with E-state index in [0.29, 0.717) is 0 Å². The minimum atomic E-state index is -4.55. The highest BCUT2D eigenvalue weighted by molar-refractivity contribution is 7.80. The molecule has 4 atom stereocenters. The quantitative estimate of drug-likeness (QED) is 0.402. The van der Waals surface area contributed by atoms with Gasteiger partial charge in [0.1, 0.15) is 0 Å². The molecular formula is C6H13NO7S. The van der Waals surface area contributed by atoms with E-state index in [1.165, 1.54) is 0 Å². The number of aliphatic hydroxyl groups is 2. The minimum Gasteiger partial charge on any atom is -0.391 e. The van der Waals surface area contributed by atoms with E-state index < -0.39 is 41.5 Å². The van der Waals surface area contributed by atoms with Gasteiger partial charge in [0, 0.05) is 6.42 Å². The average molecular weight is 243 g/mol. The molecule has 1 heterocycles. The van der Waals surface area contributed by atoms with Crippen molar-refractivity contribution < 1.29 is 32.1 Å². The van der Waals surface area contributed by atoms with Gasteiger partial charge in [-0.15, -0.1) is 0 Å². The lowest BCUT2D eigenvalue weighted by Gasteiger charge is -2.34. The topological polar surface area (TPSA) is 139 Å². The summed E-state index contributed by atoms with van der Waals surface area (Å²) in [5.74, 6) is 0. The lowest BCUT2D eigenvalue weighted by Crippen LogP contribution is -2.54. The van der Waals surface area contributed by atoms with Crippen LogP contribution in [0.4, 0.5) is 0 Å². The van der Waals surface area contributed by atoms with Gasteiger partial charge in [0.2, 0.25) is 0 Å². The molecule has 0 radical (unpaired) electrons. The molecule has 0 aromatic heterocycles. The van der Waals surface area contributed by atoms with E-state index in [0.717, 1.165) is 0 Å². The van der Waals surface area contributed by atoms with E-state index >= 15 is 0 Å². The van der Waals surface area contributed by atoms with Crippen LogP contribution >= 0.6 is 0 Å². The monoisotopic (exact) mass is 243 g/mol. The lowest BCUT2D eigenvalue weighted by atomic mass is 10.0. The average Bonchev–Trinajstić information content (AvgIpc) is 2.09. The second-order valence-electron chi connectivity index (χ2n) is 3.24. The van der Waals surface area contributed by atoms with Crippen LogP contribution in [0.15, 0.2) is 0 Å². The number of hydrogen-bond donors (Lipinski definition) is 4.